The second-order valence-electron chi connectivity index (χ2n) is 11.6. The third kappa shape index (κ3) is 9.41. The molecule has 0 atom stereocenters. The first-order valence-electron chi connectivity index (χ1n) is 16.1. The van der Waals surface area contributed by atoms with Crippen molar-refractivity contribution < 1.29 is 0 Å². The van der Waals surface area contributed by atoms with Crippen LogP contribution < -0.4 is 15.1 Å². The first-order chi connectivity index (χ1) is 20.6. The molecule has 0 amide bonds. The van der Waals surface area contributed by atoms with Crippen molar-refractivity contribution in [3.05, 3.63) is 126 Å². The molecular weight excluding hydrogens is 510 g/mol. The second-order valence-corrected chi connectivity index (χ2v) is 11.6. The molecule has 0 saturated heterocycles. The minimum absolute atomic E-state index is 0.518. The van der Waals surface area contributed by atoms with Crippen LogP contribution in [0.25, 0.3) is 0 Å². The summed E-state index contributed by atoms with van der Waals surface area (Å²) in [5.74, 6) is 0.763. The van der Waals surface area contributed by atoms with Crippen LogP contribution in [0, 0.1) is 5.92 Å². The van der Waals surface area contributed by atoms with E-state index >= 15 is 0 Å². The standard InChI is InChI=1S/C39H51N3/c1-5-32(6-2)29-33-19-23-38(24-20-33)41(30-34-15-11-9-12-16-34)27-28-42(31-35-17-13-10-14-18-35)39-25-21-37(22-26-39)40-36(7-3)8-4/h9-26,32,36,40H,5-8,27-31H2,1-4H3. The topological polar surface area (TPSA) is 18.5 Å². The Morgan fingerprint density at radius 3 is 1.38 bits per heavy atom. The normalized spacial score (nSPS) is 11.2. The Bertz CT molecular complexity index is 1160. The summed E-state index contributed by atoms with van der Waals surface area (Å²) in [6, 6.07) is 40.6. The fourth-order valence-electron chi connectivity index (χ4n) is 5.70. The molecule has 0 aromatic heterocycles. The summed E-state index contributed by atoms with van der Waals surface area (Å²) in [6.45, 7) is 12.7. The molecule has 0 radical (unpaired) electrons. The molecule has 0 saturated carbocycles. The second kappa shape index (κ2) is 16.7. The van der Waals surface area contributed by atoms with E-state index in [1.54, 1.807) is 0 Å². The van der Waals surface area contributed by atoms with E-state index in [1.807, 2.05) is 0 Å². The van der Waals surface area contributed by atoms with E-state index in [-0.39, 0.29) is 0 Å². The van der Waals surface area contributed by atoms with Crippen LogP contribution in [0.4, 0.5) is 17.1 Å². The molecule has 4 rings (SSSR count). The average molecular weight is 562 g/mol. The maximum atomic E-state index is 3.69. The molecule has 0 unspecified atom stereocenters. The molecule has 4 aromatic rings. The average Bonchev–Trinajstić information content (AvgIpc) is 3.05. The highest BCUT2D eigenvalue weighted by atomic mass is 15.2. The lowest BCUT2D eigenvalue weighted by molar-refractivity contribution is 0.490. The molecule has 1 N–H and O–H groups in total. The smallest absolute Gasteiger partial charge is 0.0430 e. The molecule has 0 aliphatic rings. The third-order valence-corrected chi connectivity index (χ3v) is 8.64. The quantitative estimate of drug-likeness (QED) is 0.138. The van der Waals surface area contributed by atoms with Crippen molar-refractivity contribution in [1.29, 1.82) is 0 Å². The summed E-state index contributed by atoms with van der Waals surface area (Å²) < 4.78 is 0. The Labute approximate surface area is 255 Å². The van der Waals surface area contributed by atoms with Gasteiger partial charge in [-0.05, 0) is 78.3 Å². The zero-order valence-corrected chi connectivity index (χ0v) is 26.3. The molecule has 0 aliphatic heterocycles. The molecule has 222 valence electrons. The first-order valence-corrected chi connectivity index (χ1v) is 16.1. The van der Waals surface area contributed by atoms with Crippen molar-refractivity contribution in [1.82, 2.24) is 0 Å². The van der Waals surface area contributed by atoms with E-state index in [2.05, 4.69) is 152 Å². The van der Waals surface area contributed by atoms with Crippen molar-refractivity contribution in [2.75, 3.05) is 28.2 Å². The minimum Gasteiger partial charge on any atom is -0.382 e. The van der Waals surface area contributed by atoms with Gasteiger partial charge in [-0.15, -0.1) is 0 Å². The summed E-state index contributed by atoms with van der Waals surface area (Å²) in [7, 11) is 0. The lowest BCUT2D eigenvalue weighted by Crippen LogP contribution is -2.35. The highest BCUT2D eigenvalue weighted by Crippen LogP contribution is 2.24. The van der Waals surface area contributed by atoms with Crippen LogP contribution in [0.15, 0.2) is 109 Å². The predicted molar refractivity (Wildman–Crippen MR) is 184 cm³/mol. The predicted octanol–water partition coefficient (Wildman–Crippen LogP) is 9.98. The largest absolute Gasteiger partial charge is 0.382 e. The summed E-state index contributed by atoms with van der Waals surface area (Å²) in [5.41, 5.74) is 7.86. The van der Waals surface area contributed by atoms with Gasteiger partial charge < -0.3 is 15.1 Å². The molecule has 0 fully saturated rings. The Morgan fingerprint density at radius 1 is 0.500 bits per heavy atom. The van der Waals surface area contributed by atoms with Gasteiger partial charge in [0.25, 0.3) is 0 Å². The Hall–Kier alpha value is -3.72. The van der Waals surface area contributed by atoms with E-state index in [9.17, 15) is 0 Å². The molecule has 42 heavy (non-hydrogen) atoms. The van der Waals surface area contributed by atoms with Gasteiger partial charge in [0.2, 0.25) is 0 Å². The van der Waals surface area contributed by atoms with Crippen LogP contribution in [0.3, 0.4) is 0 Å². The summed E-state index contributed by atoms with van der Waals surface area (Å²) >= 11 is 0. The molecule has 0 aliphatic carbocycles. The lowest BCUT2D eigenvalue weighted by Gasteiger charge is -2.31. The van der Waals surface area contributed by atoms with Crippen LogP contribution in [-0.4, -0.2) is 19.1 Å². The number of rotatable bonds is 17. The number of hydrogen-bond donors (Lipinski definition) is 1. The van der Waals surface area contributed by atoms with Crippen molar-refractivity contribution in [2.24, 2.45) is 5.92 Å². The zero-order chi connectivity index (χ0) is 29.6. The van der Waals surface area contributed by atoms with Gasteiger partial charge in [0.1, 0.15) is 0 Å². The molecule has 0 heterocycles. The van der Waals surface area contributed by atoms with Crippen molar-refractivity contribution in [3.63, 3.8) is 0 Å². The molecule has 4 aromatic carbocycles. The summed E-state index contributed by atoms with van der Waals surface area (Å²) in [4.78, 5) is 5.06. The van der Waals surface area contributed by atoms with Crippen LogP contribution >= 0.6 is 0 Å². The number of benzene rings is 4. The van der Waals surface area contributed by atoms with Gasteiger partial charge in [-0.3, -0.25) is 0 Å². The zero-order valence-electron chi connectivity index (χ0n) is 26.3. The lowest BCUT2D eigenvalue weighted by atomic mass is 9.94. The van der Waals surface area contributed by atoms with Crippen molar-refractivity contribution in [2.45, 2.75) is 78.9 Å². The van der Waals surface area contributed by atoms with Crippen LogP contribution in [0.5, 0.6) is 0 Å². The third-order valence-electron chi connectivity index (χ3n) is 8.64. The van der Waals surface area contributed by atoms with Crippen molar-refractivity contribution >= 4 is 17.1 Å². The summed E-state index contributed by atoms with van der Waals surface area (Å²) in [6.07, 6.45) is 5.91. The van der Waals surface area contributed by atoms with Gasteiger partial charge >= 0.3 is 0 Å². The van der Waals surface area contributed by atoms with Gasteiger partial charge in [0, 0.05) is 49.3 Å². The molecule has 0 spiro atoms. The van der Waals surface area contributed by atoms with Gasteiger partial charge in [-0.1, -0.05) is 113 Å². The van der Waals surface area contributed by atoms with Crippen LogP contribution in [0.2, 0.25) is 0 Å². The number of nitrogens with one attached hydrogen (secondary N) is 1. The number of anilines is 3. The van der Waals surface area contributed by atoms with E-state index < -0.39 is 0 Å². The van der Waals surface area contributed by atoms with E-state index in [0.29, 0.717) is 6.04 Å². The highest BCUT2D eigenvalue weighted by molar-refractivity contribution is 5.56. The Balaban J connectivity index is 1.55. The Kier molecular flexibility index (Phi) is 12.4. The fraction of sp³-hybridized carbons (Fsp3) is 0.385. The monoisotopic (exact) mass is 561 g/mol. The number of nitrogens with zero attached hydrogens (tertiary/aromatic N) is 2. The van der Waals surface area contributed by atoms with Gasteiger partial charge in [-0.25, -0.2) is 0 Å². The SMILES string of the molecule is CCC(CC)Cc1ccc(N(CCN(Cc2ccccc2)c2ccc(NC(CC)CC)cc2)Cc2ccccc2)cc1. The van der Waals surface area contributed by atoms with Gasteiger partial charge in [-0.2, -0.15) is 0 Å². The summed E-state index contributed by atoms with van der Waals surface area (Å²) in [5, 5.41) is 3.69. The maximum absolute atomic E-state index is 3.69. The molecular formula is C39H51N3. The van der Waals surface area contributed by atoms with Gasteiger partial charge in [0.05, 0.1) is 0 Å². The molecule has 0 bridgehead atoms. The molecule has 3 heteroatoms. The minimum atomic E-state index is 0.518. The van der Waals surface area contributed by atoms with E-state index in [1.165, 1.54) is 53.0 Å². The van der Waals surface area contributed by atoms with E-state index in [0.717, 1.165) is 44.9 Å². The van der Waals surface area contributed by atoms with Crippen LogP contribution in [0.1, 0.15) is 70.1 Å². The Morgan fingerprint density at radius 2 is 0.952 bits per heavy atom. The highest BCUT2D eigenvalue weighted by Gasteiger charge is 2.14. The number of hydrogen-bond acceptors (Lipinski definition) is 3. The van der Waals surface area contributed by atoms with Gasteiger partial charge in [0.15, 0.2) is 0 Å². The first kappa shape index (κ1) is 31.2. The van der Waals surface area contributed by atoms with Crippen molar-refractivity contribution in [3.8, 4) is 0 Å². The fourth-order valence-corrected chi connectivity index (χ4v) is 5.70. The maximum Gasteiger partial charge on any atom is 0.0430 e. The van der Waals surface area contributed by atoms with Crippen LogP contribution in [-0.2, 0) is 19.5 Å². The molecule has 3 nitrogen and oxygen atoms in total. The van der Waals surface area contributed by atoms with E-state index in [4.69, 9.17) is 0 Å².